The van der Waals surface area contributed by atoms with Gasteiger partial charge < -0.3 is 10.2 Å². The number of likely N-dealkylation sites (tertiary alicyclic amines) is 1. The number of nitrogens with one attached hydrogen (secondary N) is 1. The SMILES string of the molecule is CN=C(NCC(C)N1CCc2sccc2C1)N1CCC(c2cnn(C)c2)C1. The van der Waals surface area contributed by atoms with Crippen LogP contribution in [0.2, 0.25) is 0 Å². The zero-order valence-corrected chi connectivity index (χ0v) is 17.4. The normalized spacial score (nSPS) is 22.1. The lowest BCUT2D eigenvalue weighted by molar-refractivity contribution is 0.192. The van der Waals surface area contributed by atoms with Crippen LogP contribution in [0.5, 0.6) is 0 Å². The molecule has 2 atom stereocenters. The van der Waals surface area contributed by atoms with Gasteiger partial charge >= 0.3 is 0 Å². The van der Waals surface area contributed by atoms with Crippen LogP contribution in [0, 0.1) is 0 Å². The summed E-state index contributed by atoms with van der Waals surface area (Å²) in [4.78, 5) is 11.1. The third kappa shape index (κ3) is 4.04. The first-order valence-corrected chi connectivity index (χ1v) is 10.8. The van der Waals surface area contributed by atoms with E-state index < -0.39 is 0 Å². The second-order valence-electron chi connectivity index (χ2n) is 7.75. The fraction of sp³-hybridized carbons (Fsp3) is 0.600. The Balaban J connectivity index is 1.29. The third-order valence-corrected chi connectivity index (χ3v) is 6.93. The Morgan fingerprint density at radius 2 is 2.33 bits per heavy atom. The maximum atomic E-state index is 4.54. The van der Waals surface area contributed by atoms with Crippen LogP contribution in [0.25, 0.3) is 0 Å². The first-order chi connectivity index (χ1) is 13.1. The number of guanidine groups is 1. The van der Waals surface area contributed by atoms with Gasteiger partial charge in [0.25, 0.3) is 0 Å². The minimum Gasteiger partial charge on any atom is -0.355 e. The van der Waals surface area contributed by atoms with E-state index in [1.54, 1.807) is 4.88 Å². The first kappa shape index (κ1) is 18.5. The van der Waals surface area contributed by atoms with Crippen LogP contribution < -0.4 is 5.32 Å². The molecule has 4 heterocycles. The second kappa shape index (κ2) is 8.02. The summed E-state index contributed by atoms with van der Waals surface area (Å²) in [6.07, 6.45) is 6.49. The molecule has 0 spiro atoms. The van der Waals surface area contributed by atoms with Crippen LogP contribution in [0.15, 0.2) is 28.8 Å². The Labute approximate surface area is 165 Å². The van der Waals surface area contributed by atoms with Crippen LogP contribution in [0.1, 0.15) is 35.3 Å². The maximum absolute atomic E-state index is 4.54. The molecule has 1 N–H and O–H groups in total. The van der Waals surface area contributed by atoms with Crippen molar-refractivity contribution in [3.8, 4) is 0 Å². The number of nitrogens with zero attached hydrogens (tertiary/aromatic N) is 5. The van der Waals surface area contributed by atoms with Gasteiger partial charge in [-0.15, -0.1) is 11.3 Å². The Kier molecular flexibility index (Phi) is 5.50. The predicted octanol–water partition coefficient (Wildman–Crippen LogP) is 2.29. The highest BCUT2D eigenvalue weighted by molar-refractivity contribution is 7.10. The Bertz CT molecular complexity index is 794. The number of aromatic nitrogens is 2. The molecule has 2 aromatic rings. The van der Waals surface area contributed by atoms with Gasteiger partial charge in [-0.2, -0.15) is 5.10 Å². The third-order valence-electron chi connectivity index (χ3n) is 5.91. The van der Waals surface area contributed by atoms with Crippen molar-refractivity contribution in [2.75, 3.05) is 33.2 Å². The van der Waals surface area contributed by atoms with Gasteiger partial charge in [0.05, 0.1) is 6.20 Å². The van der Waals surface area contributed by atoms with Gasteiger partial charge in [0.15, 0.2) is 5.96 Å². The van der Waals surface area contributed by atoms with Gasteiger partial charge in [-0.25, -0.2) is 0 Å². The van der Waals surface area contributed by atoms with Crippen molar-refractivity contribution in [2.45, 2.75) is 38.3 Å². The van der Waals surface area contributed by atoms with E-state index in [2.05, 4.69) is 49.8 Å². The van der Waals surface area contributed by atoms with E-state index in [9.17, 15) is 0 Å². The predicted molar refractivity (Wildman–Crippen MR) is 111 cm³/mol. The van der Waals surface area contributed by atoms with Crippen molar-refractivity contribution in [1.82, 2.24) is 24.9 Å². The van der Waals surface area contributed by atoms with E-state index in [4.69, 9.17) is 0 Å². The quantitative estimate of drug-likeness (QED) is 0.647. The Hall–Kier alpha value is -1.86. The van der Waals surface area contributed by atoms with Crippen LogP contribution >= 0.6 is 11.3 Å². The summed E-state index contributed by atoms with van der Waals surface area (Å²) in [5.41, 5.74) is 2.85. The first-order valence-electron chi connectivity index (χ1n) is 9.87. The molecule has 4 rings (SSSR count). The molecule has 27 heavy (non-hydrogen) atoms. The largest absolute Gasteiger partial charge is 0.355 e. The monoisotopic (exact) mass is 386 g/mol. The molecule has 0 radical (unpaired) electrons. The fourth-order valence-corrected chi connectivity index (χ4v) is 5.11. The van der Waals surface area contributed by atoms with E-state index in [0.29, 0.717) is 12.0 Å². The highest BCUT2D eigenvalue weighted by Gasteiger charge is 2.27. The highest BCUT2D eigenvalue weighted by Crippen LogP contribution is 2.27. The summed E-state index contributed by atoms with van der Waals surface area (Å²) >= 11 is 1.90. The lowest BCUT2D eigenvalue weighted by Crippen LogP contribution is -2.47. The zero-order chi connectivity index (χ0) is 18.8. The average molecular weight is 387 g/mol. The van der Waals surface area contributed by atoms with Gasteiger partial charge in [0.2, 0.25) is 0 Å². The van der Waals surface area contributed by atoms with Gasteiger partial charge in [-0.05, 0) is 42.3 Å². The molecule has 0 aromatic carbocycles. The molecule has 0 amide bonds. The number of hydrogen-bond donors (Lipinski definition) is 1. The average Bonchev–Trinajstić information content (AvgIpc) is 3.41. The van der Waals surface area contributed by atoms with Crippen LogP contribution in [-0.2, 0) is 20.0 Å². The number of aryl methyl sites for hydroxylation is 1. The smallest absolute Gasteiger partial charge is 0.193 e. The number of fused-ring (bicyclic) bond motifs is 1. The van der Waals surface area contributed by atoms with Crippen LogP contribution in [-0.4, -0.2) is 64.8 Å². The molecule has 7 heteroatoms. The second-order valence-corrected chi connectivity index (χ2v) is 8.75. The molecule has 0 aliphatic carbocycles. The Morgan fingerprint density at radius 3 is 3.11 bits per heavy atom. The van der Waals surface area contributed by atoms with Gasteiger partial charge in [-0.3, -0.25) is 14.6 Å². The van der Waals surface area contributed by atoms with Gasteiger partial charge in [0.1, 0.15) is 0 Å². The van der Waals surface area contributed by atoms with Gasteiger partial charge in [0, 0.05) is 69.9 Å². The summed E-state index contributed by atoms with van der Waals surface area (Å²) < 4.78 is 1.89. The lowest BCUT2D eigenvalue weighted by atomic mass is 10.0. The Morgan fingerprint density at radius 1 is 1.44 bits per heavy atom. The van der Waals surface area contributed by atoms with Crippen molar-refractivity contribution in [1.29, 1.82) is 0 Å². The molecule has 146 valence electrons. The van der Waals surface area contributed by atoms with E-state index in [-0.39, 0.29) is 0 Å². The minimum absolute atomic E-state index is 0.492. The van der Waals surface area contributed by atoms with Crippen molar-refractivity contribution >= 4 is 17.3 Å². The molecular formula is C20H30N6S. The summed E-state index contributed by atoms with van der Waals surface area (Å²) in [7, 11) is 3.88. The number of aliphatic imine (C=N–C) groups is 1. The summed E-state index contributed by atoms with van der Waals surface area (Å²) in [6, 6.07) is 2.78. The molecule has 0 bridgehead atoms. The summed E-state index contributed by atoms with van der Waals surface area (Å²) in [6.45, 7) is 7.55. The van der Waals surface area contributed by atoms with Crippen LogP contribution in [0.3, 0.4) is 0 Å². The summed E-state index contributed by atoms with van der Waals surface area (Å²) in [5, 5.41) is 10.2. The molecule has 2 aliphatic heterocycles. The number of rotatable bonds is 4. The molecule has 2 aliphatic rings. The molecule has 1 fully saturated rings. The number of hydrogen-bond acceptors (Lipinski definition) is 4. The van der Waals surface area contributed by atoms with Crippen molar-refractivity contribution in [2.24, 2.45) is 12.0 Å². The van der Waals surface area contributed by atoms with E-state index >= 15 is 0 Å². The summed E-state index contributed by atoms with van der Waals surface area (Å²) in [5.74, 6) is 1.58. The lowest BCUT2D eigenvalue weighted by Gasteiger charge is -2.33. The molecule has 2 aromatic heterocycles. The molecule has 1 saturated heterocycles. The minimum atomic E-state index is 0.492. The standard InChI is InChI=1S/C20H30N6S/c1-15(25-8-5-19-17(14-25)6-9-27-19)10-22-20(21-2)26-7-4-16(13-26)18-11-23-24(3)12-18/h6,9,11-12,15-16H,4-5,7-8,10,13-14H2,1-3H3,(H,21,22). The van der Waals surface area contributed by atoms with Gasteiger partial charge in [-0.1, -0.05) is 0 Å². The van der Waals surface area contributed by atoms with Crippen molar-refractivity contribution in [3.05, 3.63) is 39.8 Å². The number of thiophene rings is 1. The molecule has 2 unspecified atom stereocenters. The molecule has 0 saturated carbocycles. The fourth-order valence-electron chi connectivity index (χ4n) is 4.22. The zero-order valence-electron chi connectivity index (χ0n) is 16.6. The van der Waals surface area contributed by atoms with Crippen LogP contribution in [0.4, 0.5) is 0 Å². The highest BCUT2D eigenvalue weighted by atomic mass is 32.1. The molecule has 6 nitrogen and oxygen atoms in total. The topological polar surface area (TPSA) is 48.7 Å². The van der Waals surface area contributed by atoms with Crippen molar-refractivity contribution < 1.29 is 0 Å². The van der Waals surface area contributed by atoms with Crippen molar-refractivity contribution in [3.63, 3.8) is 0 Å². The van der Waals surface area contributed by atoms with E-state index in [1.807, 2.05) is 36.3 Å². The van der Waals surface area contributed by atoms with E-state index in [0.717, 1.165) is 45.1 Å². The maximum Gasteiger partial charge on any atom is 0.193 e. The van der Waals surface area contributed by atoms with E-state index in [1.165, 1.54) is 17.5 Å². The molecular weight excluding hydrogens is 356 g/mol.